The molecule has 1 fully saturated rings. The van der Waals surface area contributed by atoms with Crippen LogP contribution in [0.2, 0.25) is 0 Å². The Kier molecular flexibility index (Phi) is 4.60. The minimum absolute atomic E-state index is 0.0378. The van der Waals surface area contributed by atoms with Crippen molar-refractivity contribution in [3.8, 4) is 0 Å². The average molecular weight is 314 g/mol. The fraction of sp³-hybridized carbons (Fsp3) is 0.889. The van der Waals surface area contributed by atoms with Crippen LogP contribution in [-0.2, 0) is 24.8 Å². The zero-order valence-corrected chi connectivity index (χ0v) is 12.6. The van der Waals surface area contributed by atoms with Crippen molar-refractivity contribution in [2.75, 3.05) is 25.6 Å². The van der Waals surface area contributed by atoms with Crippen molar-refractivity contribution in [3.05, 3.63) is 0 Å². The number of carboxylic acids is 1. The van der Waals surface area contributed by atoms with Gasteiger partial charge in [-0.15, -0.1) is 0 Å². The Hall–Kier alpha value is -0.710. The van der Waals surface area contributed by atoms with Gasteiger partial charge in [-0.3, -0.25) is 4.79 Å². The smallest absolute Gasteiger partial charge is 0.305 e. The van der Waals surface area contributed by atoms with Crippen LogP contribution in [0.4, 0.5) is 0 Å². The first-order valence-electron chi connectivity index (χ1n) is 5.58. The Balaban J connectivity index is 3.09. The molecule has 0 spiro atoms. The van der Waals surface area contributed by atoms with Gasteiger partial charge in [0.25, 0.3) is 0 Å². The molecule has 1 saturated heterocycles. The number of hydrogen-bond acceptors (Lipinski definition) is 5. The molecule has 1 rings (SSSR count). The molecular formula is C9H18N2O6S2. The van der Waals surface area contributed by atoms with E-state index in [-0.39, 0.29) is 13.1 Å². The van der Waals surface area contributed by atoms with Gasteiger partial charge in [-0.1, -0.05) is 0 Å². The van der Waals surface area contributed by atoms with Crippen LogP contribution in [0.3, 0.4) is 0 Å². The highest BCUT2D eigenvalue weighted by atomic mass is 32.2. The molecule has 1 aliphatic rings. The van der Waals surface area contributed by atoms with Crippen LogP contribution < -0.4 is 0 Å². The van der Waals surface area contributed by atoms with Crippen molar-refractivity contribution in [2.45, 2.75) is 25.4 Å². The summed E-state index contributed by atoms with van der Waals surface area (Å²) in [6.45, 7) is 1.42. The van der Waals surface area contributed by atoms with Crippen molar-refractivity contribution >= 4 is 26.0 Å². The Morgan fingerprint density at radius 2 is 1.58 bits per heavy atom. The summed E-state index contributed by atoms with van der Waals surface area (Å²) in [5, 5.41) is 8.81. The molecule has 0 unspecified atom stereocenters. The van der Waals surface area contributed by atoms with Crippen molar-refractivity contribution in [2.24, 2.45) is 0 Å². The summed E-state index contributed by atoms with van der Waals surface area (Å²) in [6, 6.07) is -1.40. The monoisotopic (exact) mass is 314 g/mol. The van der Waals surface area contributed by atoms with E-state index in [2.05, 4.69) is 0 Å². The van der Waals surface area contributed by atoms with Gasteiger partial charge in [0.15, 0.2) is 0 Å². The lowest BCUT2D eigenvalue weighted by Gasteiger charge is -2.42. The highest BCUT2D eigenvalue weighted by Crippen LogP contribution is 2.22. The predicted molar refractivity (Wildman–Crippen MR) is 68.6 cm³/mol. The maximum atomic E-state index is 11.6. The van der Waals surface area contributed by atoms with Gasteiger partial charge in [0.2, 0.25) is 20.0 Å². The Morgan fingerprint density at radius 1 is 1.11 bits per heavy atom. The number of carbonyl (C=O) groups is 1. The molecule has 0 amide bonds. The zero-order valence-electron chi connectivity index (χ0n) is 11.0. The zero-order chi connectivity index (χ0) is 15.0. The summed E-state index contributed by atoms with van der Waals surface area (Å²) in [6.07, 6.45) is 1.59. The number of rotatable bonds is 4. The molecular weight excluding hydrogens is 296 g/mol. The molecule has 112 valence electrons. The maximum Gasteiger partial charge on any atom is 0.305 e. The molecule has 1 aliphatic heterocycles. The molecule has 0 saturated carbocycles. The number of hydrogen-bond donors (Lipinski definition) is 1. The topological polar surface area (TPSA) is 112 Å². The molecule has 0 radical (unpaired) electrons. The van der Waals surface area contributed by atoms with Crippen LogP contribution in [0, 0.1) is 0 Å². The highest BCUT2D eigenvalue weighted by molar-refractivity contribution is 7.88. The third kappa shape index (κ3) is 4.13. The van der Waals surface area contributed by atoms with Gasteiger partial charge in [0.1, 0.15) is 0 Å². The number of piperazine rings is 1. The van der Waals surface area contributed by atoms with E-state index in [0.29, 0.717) is 0 Å². The third-order valence-corrected chi connectivity index (χ3v) is 5.66. The van der Waals surface area contributed by atoms with Crippen molar-refractivity contribution in [1.29, 1.82) is 0 Å². The number of nitrogens with zero attached hydrogens (tertiary/aromatic N) is 2. The molecule has 1 N–H and O–H groups in total. The van der Waals surface area contributed by atoms with Crippen LogP contribution in [0.5, 0.6) is 0 Å². The summed E-state index contributed by atoms with van der Waals surface area (Å²) in [7, 11) is -7.07. The van der Waals surface area contributed by atoms with E-state index < -0.39 is 44.5 Å². The molecule has 10 heteroatoms. The summed E-state index contributed by atoms with van der Waals surface area (Å²) < 4.78 is 48.7. The van der Waals surface area contributed by atoms with Gasteiger partial charge in [-0.25, -0.2) is 16.8 Å². The summed E-state index contributed by atoms with van der Waals surface area (Å²) in [4.78, 5) is 10.8. The van der Waals surface area contributed by atoms with Crippen LogP contribution >= 0.6 is 0 Å². The largest absolute Gasteiger partial charge is 0.481 e. The van der Waals surface area contributed by atoms with Gasteiger partial charge >= 0.3 is 5.97 Å². The second kappa shape index (κ2) is 5.35. The van der Waals surface area contributed by atoms with Crippen LogP contribution in [0.25, 0.3) is 0 Å². The minimum atomic E-state index is -3.57. The summed E-state index contributed by atoms with van der Waals surface area (Å²) in [5.74, 6) is -1.17. The molecule has 0 bridgehead atoms. The van der Waals surface area contributed by atoms with E-state index >= 15 is 0 Å². The quantitative estimate of drug-likeness (QED) is 0.694. The molecule has 0 aromatic heterocycles. The fourth-order valence-corrected chi connectivity index (χ4v) is 4.55. The van der Waals surface area contributed by atoms with E-state index in [0.717, 1.165) is 21.1 Å². The Bertz CT molecular complexity index is 555. The molecule has 0 aromatic rings. The van der Waals surface area contributed by atoms with E-state index in [1.165, 1.54) is 0 Å². The highest BCUT2D eigenvalue weighted by Gasteiger charge is 2.40. The lowest BCUT2D eigenvalue weighted by atomic mass is 10.1. The lowest BCUT2D eigenvalue weighted by molar-refractivity contribution is -0.138. The molecule has 1 heterocycles. The van der Waals surface area contributed by atoms with Crippen LogP contribution in [-0.4, -0.2) is 74.2 Å². The third-order valence-electron chi connectivity index (χ3n) is 3.00. The second-order valence-electron chi connectivity index (χ2n) is 4.77. The molecule has 19 heavy (non-hydrogen) atoms. The first kappa shape index (κ1) is 16.3. The van der Waals surface area contributed by atoms with E-state index in [1.54, 1.807) is 6.92 Å². The van der Waals surface area contributed by atoms with E-state index in [9.17, 15) is 21.6 Å². The van der Waals surface area contributed by atoms with Crippen molar-refractivity contribution < 1.29 is 26.7 Å². The average Bonchev–Trinajstić information content (AvgIpc) is 2.16. The lowest BCUT2D eigenvalue weighted by Crippen LogP contribution is -2.60. The predicted octanol–water partition coefficient (Wildman–Crippen LogP) is -1.24. The van der Waals surface area contributed by atoms with Gasteiger partial charge in [0, 0.05) is 25.2 Å². The van der Waals surface area contributed by atoms with Crippen LogP contribution in [0.15, 0.2) is 0 Å². The molecule has 2 atom stereocenters. The van der Waals surface area contributed by atoms with Gasteiger partial charge in [-0.2, -0.15) is 8.61 Å². The SMILES string of the molecule is C[C@@H]1CN(S(C)(=O)=O)[C@H](CC(=O)O)CN1S(C)(=O)=O. The molecule has 0 aliphatic carbocycles. The van der Waals surface area contributed by atoms with Gasteiger partial charge < -0.3 is 5.11 Å². The summed E-state index contributed by atoms with van der Waals surface area (Å²) >= 11 is 0. The minimum Gasteiger partial charge on any atom is -0.481 e. The van der Waals surface area contributed by atoms with E-state index in [1.807, 2.05) is 0 Å². The van der Waals surface area contributed by atoms with Crippen molar-refractivity contribution in [1.82, 2.24) is 8.61 Å². The standard InChI is InChI=1S/C9H18N2O6S2/c1-7-5-11(19(3,16)17)8(4-9(12)13)6-10(7)18(2,14)15/h7-8H,4-6H2,1-3H3,(H,12,13)/t7-,8-/m1/s1. The Morgan fingerprint density at radius 3 is 1.95 bits per heavy atom. The fourth-order valence-electron chi connectivity index (χ4n) is 2.22. The number of aliphatic carboxylic acids is 1. The second-order valence-corrected chi connectivity index (χ2v) is 8.64. The molecule has 8 nitrogen and oxygen atoms in total. The van der Waals surface area contributed by atoms with Crippen LogP contribution in [0.1, 0.15) is 13.3 Å². The number of sulfonamides is 2. The van der Waals surface area contributed by atoms with Crippen molar-refractivity contribution in [3.63, 3.8) is 0 Å². The van der Waals surface area contributed by atoms with Gasteiger partial charge in [-0.05, 0) is 6.92 Å². The normalized spacial score (nSPS) is 27.3. The molecule has 0 aromatic carbocycles. The van der Waals surface area contributed by atoms with E-state index in [4.69, 9.17) is 5.11 Å². The Labute approximate surface area is 113 Å². The first-order chi connectivity index (χ1) is 8.43. The first-order valence-corrected chi connectivity index (χ1v) is 9.28. The van der Waals surface area contributed by atoms with Gasteiger partial charge in [0.05, 0.1) is 18.9 Å². The number of carboxylic acid groups (broad SMARTS) is 1. The summed E-state index contributed by atoms with van der Waals surface area (Å²) in [5.41, 5.74) is 0. The maximum absolute atomic E-state index is 11.6.